The van der Waals surface area contributed by atoms with Gasteiger partial charge < -0.3 is 4.57 Å². The van der Waals surface area contributed by atoms with Crippen LogP contribution in [0.3, 0.4) is 0 Å². The molecule has 1 aliphatic heterocycles. The number of rotatable bonds is 5. The van der Waals surface area contributed by atoms with E-state index < -0.39 is 15.8 Å². The molecule has 0 unspecified atom stereocenters. The Morgan fingerprint density at radius 2 is 1.76 bits per heavy atom. The van der Waals surface area contributed by atoms with Gasteiger partial charge in [-0.2, -0.15) is 4.31 Å². The molecule has 3 aromatic rings. The summed E-state index contributed by atoms with van der Waals surface area (Å²) in [7, 11) is -3.68. The van der Waals surface area contributed by atoms with Gasteiger partial charge in [-0.3, -0.25) is 4.90 Å². The number of aromatic nitrogens is 2. The third kappa shape index (κ3) is 4.35. The molecule has 29 heavy (non-hydrogen) atoms. The molecule has 0 amide bonds. The van der Waals surface area contributed by atoms with Crippen LogP contribution in [0, 0.1) is 5.82 Å². The number of nitrogens with zero attached hydrogens (tertiary/aromatic N) is 4. The Labute approximate surface area is 174 Å². The van der Waals surface area contributed by atoms with E-state index in [0.29, 0.717) is 26.2 Å². The van der Waals surface area contributed by atoms with Crippen LogP contribution < -0.4 is 0 Å². The molecular weight excluding hydrogens is 415 g/mol. The molecule has 4 rings (SSSR count). The van der Waals surface area contributed by atoms with Gasteiger partial charge in [-0.05, 0) is 35.9 Å². The highest BCUT2D eigenvalue weighted by Gasteiger charge is 2.29. The fraction of sp³-hybridized carbons (Fsp3) is 0.250. The molecule has 1 saturated heterocycles. The third-order valence-corrected chi connectivity index (χ3v) is 7.19. The second-order valence-corrected chi connectivity index (χ2v) is 9.24. The first-order valence-corrected chi connectivity index (χ1v) is 11.0. The van der Waals surface area contributed by atoms with Gasteiger partial charge in [-0.15, -0.1) is 0 Å². The van der Waals surface area contributed by atoms with Gasteiger partial charge in [0.25, 0.3) is 0 Å². The summed E-state index contributed by atoms with van der Waals surface area (Å²) in [4.78, 5) is 6.29. The van der Waals surface area contributed by atoms with Crippen LogP contribution in [-0.2, 0) is 16.6 Å². The second-order valence-electron chi connectivity index (χ2n) is 6.89. The summed E-state index contributed by atoms with van der Waals surface area (Å²) >= 11 is 5.74. The first-order chi connectivity index (χ1) is 13.9. The normalized spacial score (nSPS) is 16.2. The van der Waals surface area contributed by atoms with Gasteiger partial charge in [-0.25, -0.2) is 17.8 Å². The molecule has 1 aromatic heterocycles. The smallest absolute Gasteiger partial charge is 0.243 e. The maximum atomic E-state index is 13.3. The van der Waals surface area contributed by atoms with Crippen LogP contribution in [0.15, 0.2) is 66.1 Å². The molecule has 0 bridgehead atoms. The molecule has 1 fully saturated rings. The van der Waals surface area contributed by atoms with Gasteiger partial charge in [0.05, 0.1) is 16.2 Å². The van der Waals surface area contributed by atoms with Crippen LogP contribution in [-0.4, -0.2) is 53.4 Å². The van der Waals surface area contributed by atoms with E-state index in [-0.39, 0.29) is 9.92 Å². The van der Waals surface area contributed by atoms with Crippen molar-refractivity contribution in [1.29, 1.82) is 0 Å². The largest absolute Gasteiger partial charge is 0.306 e. The number of benzene rings is 2. The standard InChI is InChI=1S/C20H20ClFN4O2S/c21-19-13-18(5-6-20(19)22)29(27,28)26-11-9-24(10-12-26)14-16-1-3-17(4-2-16)25-8-7-23-15-25/h1-8,13,15H,9-12,14H2. The van der Waals surface area contributed by atoms with E-state index in [9.17, 15) is 12.8 Å². The van der Waals surface area contributed by atoms with Gasteiger partial charge >= 0.3 is 0 Å². The molecule has 0 atom stereocenters. The van der Waals surface area contributed by atoms with Crippen molar-refractivity contribution in [3.8, 4) is 5.69 Å². The minimum atomic E-state index is -3.68. The van der Waals surface area contributed by atoms with Crippen LogP contribution in [0.2, 0.25) is 5.02 Å². The highest BCUT2D eigenvalue weighted by Crippen LogP contribution is 2.23. The molecule has 2 heterocycles. The zero-order valence-corrected chi connectivity index (χ0v) is 17.2. The van der Waals surface area contributed by atoms with Crippen LogP contribution in [0.25, 0.3) is 5.69 Å². The molecule has 2 aromatic carbocycles. The molecule has 152 valence electrons. The lowest BCUT2D eigenvalue weighted by Crippen LogP contribution is -2.48. The summed E-state index contributed by atoms with van der Waals surface area (Å²) in [5, 5.41) is -0.191. The predicted molar refractivity (Wildman–Crippen MR) is 109 cm³/mol. The molecule has 9 heteroatoms. The van der Waals surface area contributed by atoms with Crippen LogP contribution in [0.1, 0.15) is 5.56 Å². The number of piperazine rings is 1. The van der Waals surface area contributed by atoms with Crippen LogP contribution in [0.5, 0.6) is 0 Å². The molecule has 0 radical (unpaired) electrons. The Morgan fingerprint density at radius 3 is 2.38 bits per heavy atom. The molecule has 1 aliphatic rings. The number of hydrogen-bond donors (Lipinski definition) is 0. The maximum Gasteiger partial charge on any atom is 0.243 e. The third-order valence-electron chi connectivity index (χ3n) is 5.01. The van der Waals surface area contributed by atoms with E-state index in [1.807, 2.05) is 22.9 Å². The lowest BCUT2D eigenvalue weighted by atomic mass is 10.2. The molecular formula is C20H20ClFN4O2S. The maximum absolute atomic E-state index is 13.3. The predicted octanol–water partition coefficient (Wildman–Crippen LogP) is 3.17. The summed E-state index contributed by atoms with van der Waals surface area (Å²) in [5.74, 6) is -0.630. The number of sulfonamides is 1. The van der Waals surface area contributed by atoms with Crippen molar-refractivity contribution < 1.29 is 12.8 Å². The summed E-state index contributed by atoms with van der Waals surface area (Å²) in [6.45, 7) is 2.75. The Hall–Kier alpha value is -2.26. The van der Waals surface area contributed by atoms with Gasteiger partial charge in [-0.1, -0.05) is 23.7 Å². The summed E-state index contributed by atoms with van der Waals surface area (Å²) in [5.41, 5.74) is 2.20. The van der Waals surface area contributed by atoms with Crippen LogP contribution in [0.4, 0.5) is 4.39 Å². The first-order valence-electron chi connectivity index (χ1n) is 9.18. The first kappa shape index (κ1) is 20.0. The lowest BCUT2D eigenvalue weighted by molar-refractivity contribution is 0.181. The lowest BCUT2D eigenvalue weighted by Gasteiger charge is -2.34. The van der Waals surface area contributed by atoms with Gasteiger partial charge in [0, 0.05) is 50.8 Å². The number of imidazole rings is 1. The SMILES string of the molecule is O=S(=O)(c1ccc(F)c(Cl)c1)N1CCN(Cc2ccc(-n3ccnc3)cc2)CC1. The average Bonchev–Trinajstić information content (AvgIpc) is 3.26. The highest BCUT2D eigenvalue weighted by atomic mass is 35.5. The fourth-order valence-corrected chi connectivity index (χ4v) is 5.05. The second kappa shape index (κ2) is 8.23. The van der Waals surface area contributed by atoms with E-state index >= 15 is 0 Å². The Balaban J connectivity index is 1.37. The fourth-order valence-electron chi connectivity index (χ4n) is 3.36. The van der Waals surface area contributed by atoms with Gasteiger partial charge in [0.2, 0.25) is 10.0 Å². The van der Waals surface area contributed by atoms with E-state index in [0.717, 1.165) is 23.9 Å². The molecule has 0 N–H and O–H groups in total. The van der Waals surface area contributed by atoms with Gasteiger partial charge in [0.1, 0.15) is 5.82 Å². The Morgan fingerprint density at radius 1 is 1.03 bits per heavy atom. The molecule has 0 aliphatic carbocycles. The van der Waals surface area contributed by atoms with Gasteiger partial charge in [0.15, 0.2) is 0 Å². The quantitative estimate of drug-likeness (QED) is 0.619. The van der Waals surface area contributed by atoms with Crippen molar-refractivity contribution in [3.63, 3.8) is 0 Å². The average molecular weight is 435 g/mol. The van der Waals surface area contributed by atoms with Crippen molar-refractivity contribution >= 4 is 21.6 Å². The van der Waals surface area contributed by atoms with E-state index in [1.54, 1.807) is 12.5 Å². The molecule has 0 saturated carbocycles. The summed E-state index contributed by atoms with van der Waals surface area (Å²) in [6.07, 6.45) is 5.38. The zero-order valence-electron chi connectivity index (χ0n) is 15.6. The van der Waals surface area contributed by atoms with E-state index in [4.69, 9.17) is 11.6 Å². The van der Waals surface area contributed by atoms with E-state index in [1.165, 1.54) is 16.4 Å². The summed E-state index contributed by atoms with van der Waals surface area (Å²) < 4.78 is 42.3. The highest BCUT2D eigenvalue weighted by molar-refractivity contribution is 7.89. The topological polar surface area (TPSA) is 58.4 Å². The number of halogens is 2. The van der Waals surface area contributed by atoms with Crippen LogP contribution >= 0.6 is 11.6 Å². The minimum Gasteiger partial charge on any atom is -0.306 e. The summed E-state index contributed by atoms with van der Waals surface area (Å²) in [6, 6.07) is 11.7. The zero-order chi connectivity index (χ0) is 20.4. The Kier molecular flexibility index (Phi) is 5.69. The van der Waals surface area contributed by atoms with Crippen molar-refractivity contribution in [3.05, 3.63) is 77.6 Å². The monoisotopic (exact) mass is 434 g/mol. The Bertz CT molecular complexity index is 1080. The van der Waals surface area contributed by atoms with Crippen molar-refractivity contribution in [2.24, 2.45) is 0 Å². The minimum absolute atomic E-state index is 0.0208. The molecule has 0 spiro atoms. The molecule has 6 nitrogen and oxygen atoms in total. The van der Waals surface area contributed by atoms with E-state index in [2.05, 4.69) is 22.0 Å². The van der Waals surface area contributed by atoms with Crippen molar-refractivity contribution in [1.82, 2.24) is 18.8 Å². The van der Waals surface area contributed by atoms with Crippen molar-refractivity contribution in [2.45, 2.75) is 11.4 Å². The number of hydrogen-bond acceptors (Lipinski definition) is 4. The van der Waals surface area contributed by atoms with Crippen molar-refractivity contribution in [2.75, 3.05) is 26.2 Å².